The zero-order valence-electron chi connectivity index (χ0n) is 18.1. The fourth-order valence-corrected chi connectivity index (χ4v) is 4.31. The lowest BCUT2D eigenvalue weighted by atomic mass is 10.1. The van der Waals surface area contributed by atoms with Gasteiger partial charge in [-0.3, -0.25) is 9.59 Å². The standard InChI is InChI=1S/C25H25N5O2/c1-18-21(16-22(31)28-14-8-9-15-28)24(32)30-25(29(18)17-19-10-4-2-5-11-19)26-23(27-30)20-12-6-3-7-13-20/h2-7,10-13H,8-9,14-17H2,1H3. The highest BCUT2D eigenvalue weighted by Crippen LogP contribution is 2.19. The van der Waals surface area contributed by atoms with E-state index in [0.717, 1.165) is 42.8 Å². The highest BCUT2D eigenvalue weighted by Gasteiger charge is 2.24. The minimum atomic E-state index is -0.274. The van der Waals surface area contributed by atoms with Crippen LogP contribution in [0.5, 0.6) is 0 Å². The molecule has 1 fully saturated rings. The van der Waals surface area contributed by atoms with E-state index < -0.39 is 0 Å². The fraction of sp³-hybridized carbons (Fsp3) is 0.280. The Morgan fingerprint density at radius 2 is 1.62 bits per heavy atom. The van der Waals surface area contributed by atoms with E-state index in [-0.39, 0.29) is 17.9 Å². The summed E-state index contributed by atoms with van der Waals surface area (Å²) in [5.74, 6) is 0.969. The number of carbonyl (C=O) groups excluding carboxylic acids is 1. The number of hydrogen-bond acceptors (Lipinski definition) is 4. The van der Waals surface area contributed by atoms with Crippen LogP contribution in [0.4, 0.5) is 0 Å². The second-order valence-electron chi connectivity index (χ2n) is 8.22. The van der Waals surface area contributed by atoms with E-state index in [0.29, 0.717) is 23.7 Å². The van der Waals surface area contributed by atoms with Crippen molar-refractivity contribution < 1.29 is 4.79 Å². The minimum absolute atomic E-state index is 0.00305. The first-order valence-corrected chi connectivity index (χ1v) is 11.0. The molecule has 0 radical (unpaired) electrons. The number of fused-ring (bicyclic) bond motifs is 1. The lowest BCUT2D eigenvalue weighted by molar-refractivity contribution is -0.129. The molecule has 0 atom stereocenters. The smallest absolute Gasteiger partial charge is 0.279 e. The maximum absolute atomic E-state index is 13.4. The van der Waals surface area contributed by atoms with Crippen LogP contribution in [0, 0.1) is 6.92 Å². The van der Waals surface area contributed by atoms with Crippen molar-refractivity contribution in [2.45, 2.75) is 32.7 Å². The topological polar surface area (TPSA) is 72.5 Å². The van der Waals surface area contributed by atoms with Crippen LogP contribution < -0.4 is 5.56 Å². The lowest BCUT2D eigenvalue weighted by Crippen LogP contribution is -2.34. The van der Waals surface area contributed by atoms with Gasteiger partial charge in [-0.2, -0.15) is 9.50 Å². The molecular formula is C25H25N5O2. The summed E-state index contributed by atoms with van der Waals surface area (Å²) in [4.78, 5) is 32.9. The molecule has 0 bridgehead atoms. The van der Waals surface area contributed by atoms with Crippen LogP contribution in [0.2, 0.25) is 0 Å². The maximum atomic E-state index is 13.4. The van der Waals surface area contributed by atoms with Crippen LogP contribution in [0.3, 0.4) is 0 Å². The van der Waals surface area contributed by atoms with Gasteiger partial charge in [-0.15, -0.1) is 5.10 Å². The predicted molar refractivity (Wildman–Crippen MR) is 122 cm³/mol. The molecule has 162 valence electrons. The Balaban J connectivity index is 1.66. The van der Waals surface area contributed by atoms with Gasteiger partial charge >= 0.3 is 0 Å². The molecule has 1 saturated heterocycles. The van der Waals surface area contributed by atoms with Gasteiger partial charge in [-0.05, 0) is 25.3 Å². The third kappa shape index (κ3) is 3.70. The van der Waals surface area contributed by atoms with E-state index in [2.05, 4.69) is 5.10 Å². The Morgan fingerprint density at radius 1 is 0.969 bits per heavy atom. The van der Waals surface area contributed by atoms with Gasteiger partial charge in [0.25, 0.3) is 5.56 Å². The van der Waals surface area contributed by atoms with Crippen molar-refractivity contribution in [3.63, 3.8) is 0 Å². The first-order chi connectivity index (χ1) is 15.6. The van der Waals surface area contributed by atoms with Crippen molar-refractivity contribution >= 4 is 11.7 Å². The van der Waals surface area contributed by atoms with Crippen LogP contribution in [0.25, 0.3) is 17.2 Å². The Hall–Kier alpha value is -3.74. The second kappa shape index (κ2) is 8.42. The first kappa shape index (κ1) is 20.2. The van der Waals surface area contributed by atoms with Crippen molar-refractivity contribution in [3.8, 4) is 11.4 Å². The summed E-state index contributed by atoms with van der Waals surface area (Å²) in [6.07, 6.45) is 2.12. The Bertz CT molecular complexity index is 1320. The summed E-state index contributed by atoms with van der Waals surface area (Å²) in [7, 11) is 0. The van der Waals surface area contributed by atoms with Gasteiger partial charge in [-0.25, -0.2) is 0 Å². The minimum Gasteiger partial charge on any atom is -0.342 e. The number of likely N-dealkylation sites (tertiary alicyclic amines) is 1. The number of benzene rings is 2. The summed E-state index contributed by atoms with van der Waals surface area (Å²) in [5.41, 5.74) is 2.89. The van der Waals surface area contributed by atoms with Crippen LogP contribution >= 0.6 is 0 Å². The molecule has 0 N–H and O–H groups in total. The van der Waals surface area contributed by atoms with Gasteiger partial charge in [-0.1, -0.05) is 60.7 Å². The number of carbonyl (C=O) groups is 1. The van der Waals surface area contributed by atoms with Crippen LogP contribution in [-0.2, 0) is 17.8 Å². The summed E-state index contributed by atoms with van der Waals surface area (Å²) < 4.78 is 3.34. The molecular weight excluding hydrogens is 402 g/mol. The van der Waals surface area contributed by atoms with Gasteiger partial charge in [0.05, 0.1) is 13.0 Å². The van der Waals surface area contributed by atoms with E-state index in [1.807, 2.05) is 77.1 Å². The molecule has 1 amide bonds. The zero-order valence-corrected chi connectivity index (χ0v) is 18.1. The molecule has 0 unspecified atom stereocenters. The molecule has 0 saturated carbocycles. The molecule has 7 nitrogen and oxygen atoms in total. The number of nitrogens with zero attached hydrogens (tertiary/aromatic N) is 5. The maximum Gasteiger partial charge on any atom is 0.279 e. The van der Waals surface area contributed by atoms with E-state index >= 15 is 0 Å². The average molecular weight is 428 g/mol. The normalized spacial score (nSPS) is 13.7. The average Bonchev–Trinajstić information content (AvgIpc) is 3.51. The molecule has 5 rings (SSSR count). The largest absolute Gasteiger partial charge is 0.342 e. The molecule has 2 aromatic carbocycles. The molecule has 32 heavy (non-hydrogen) atoms. The van der Waals surface area contributed by atoms with E-state index in [1.54, 1.807) is 0 Å². The van der Waals surface area contributed by atoms with Crippen LogP contribution in [-0.4, -0.2) is 43.1 Å². The fourth-order valence-electron chi connectivity index (χ4n) is 4.31. The quantitative estimate of drug-likeness (QED) is 0.491. The molecule has 1 aliphatic heterocycles. The molecule has 0 aliphatic carbocycles. The number of amides is 1. The van der Waals surface area contributed by atoms with Gasteiger partial charge in [0, 0.05) is 29.9 Å². The van der Waals surface area contributed by atoms with Crippen molar-refractivity contribution in [2.75, 3.05) is 13.1 Å². The highest BCUT2D eigenvalue weighted by molar-refractivity contribution is 5.79. The second-order valence-corrected chi connectivity index (χ2v) is 8.22. The highest BCUT2D eigenvalue weighted by atomic mass is 16.2. The first-order valence-electron chi connectivity index (χ1n) is 11.0. The Kier molecular flexibility index (Phi) is 5.31. The molecule has 7 heteroatoms. The summed E-state index contributed by atoms with van der Waals surface area (Å²) in [6, 6.07) is 19.6. The van der Waals surface area contributed by atoms with Crippen molar-refractivity contribution in [1.82, 2.24) is 24.1 Å². The Labute approximate surface area is 185 Å². The Morgan fingerprint density at radius 3 is 2.31 bits per heavy atom. The lowest BCUT2D eigenvalue weighted by Gasteiger charge is -2.18. The van der Waals surface area contributed by atoms with Crippen molar-refractivity contribution in [2.24, 2.45) is 0 Å². The summed E-state index contributed by atoms with van der Waals surface area (Å²) in [6.45, 7) is 3.96. The van der Waals surface area contributed by atoms with E-state index in [4.69, 9.17) is 4.98 Å². The van der Waals surface area contributed by atoms with E-state index in [1.165, 1.54) is 4.52 Å². The third-order valence-corrected chi connectivity index (χ3v) is 6.13. The monoisotopic (exact) mass is 427 g/mol. The van der Waals surface area contributed by atoms with Gasteiger partial charge in [0.15, 0.2) is 5.82 Å². The van der Waals surface area contributed by atoms with Crippen LogP contribution in [0.15, 0.2) is 65.5 Å². The summed E-state index contributed by atoms with van der Waals surface area (Å²) in [5, 5.41) is 4.54. The van der Waals surface area contributed by atoms with Crippen molar-refractivity contribution in [1.29, 1.82) is 0 Å². The van der Waals surface area contributed by atoms with Gasteiger partial charge in [0.1, 0.15) is 0 Å². The van der Waals surface area contributed by atoms with Crippen LogP contribution in [0.1, 0.15) is 29.7 Å². The summed E-state index contributed by atoms with van der Waals surface area (Å²) >= 11 is 0. The molecule has 1 aliphatic rings. The molecule has 2 aromatic heterocycles. The number of hydrogen-bond donors (Lipinski definition) is 0. The van der Waals surface area contributed by atoms with Gasteiger partial charge in [0.2, 0.25) is 11.7 Å². The zero-order chi connectivity index (χ0) is 22.1. The van der Waals surface area contributed by atoms with Gasteiger partial charge < -0.3 is 9.47 Å². The molecule has 0 spiro atoms. The third-order valence-electron chi connectivity index (χ3n) is 6.13. The molecule has 4 aromatic rings. The van der Waals surface area contributed by atoms with Crippen molar-refractivity contribution in [3.05, 3.63) is 87.8 Å². The number of aromatic nitrogens is 4. The van der Waals surface area contributed by atoms with E-state index in [9.17, 15) is 9.59 Å². The number of rotatable bonds is 5. The predicted octanol–water partition coefficient (Wildman–Crippen LogP) is 3.08. The SMILES string of the molecule is Cc1c(CC(=O)N2CCCC2)c(=O)n2nc(-c3ccccc3)nc2n1Cc1ccccc1. The molecule has 3 heterocycles.